The molecule has 0 spiro atoms. The van der Waals surface area contributed by atoms with E-state index in [2.05, 4.69) is 4.74 Å². The van der Waals surface area contributed by atoms with E-state index in [9.17, 15) is 22.4 Å². The molecule has 0 aromatic heterocycles. The number of hydrogen-bond acceptors (Lipinski definition) is 5. The van der Waals surface area contributed by atoms with Crippen LogP contribution in [0.5, 0.6) is 0 Å². The number of benzene rings is 1. The number of aliphatic carboxylic acids is 1. The third-order valence-electron chi connectivity index (χ3n) is 2.96. The van der Waals surface area contributed by atoms with Crippen LogP contribution in [0.25, 0.3) is 0 Å². The van der Waals surface area contributed by atoms with Crippen LogP contribution in [0.1, 0.15) is 24.2 Å². The summed E-state index contributed by atoms with van der Waals surface area (Å²) in [6.45, 7) is 2.77. The summed E-state index contributed by atoms with van der Waals surface area (Å²) < 4.78 is 43.5. The zero-order valence-corrected chi connectivity index (χ0v) is 13.1. The van der Waals surface area contributed by atoms with Crippen LogP contribution in [0, 0.1) is 5.82 Å². The van der Waals surface area contributed by atoms with Gasteiger partial charge in [0.25, 0.3) is 0 Å². The molecule has 0 heterocycles. The maximum atomic E-state index is 13.6. The molecule has 0 aliphatic carbocycles. The summed E-state index contributed by atoms with van der Waals surface area (Å²) in [6, 6.07) is 1.15. The molecule has 0 aliphatic rings. The zero-order chi connectivity index (χ0) is 17.1. The number of halogens is 1. The molecular formula is C13H16FNO6S. The highest BCUT2D eigenvalue weighted by Gasteiger charge is 2.30. The van der Waals surface area contributed by atoms with E-state index in [4.69, 9.17) is 5.11 Å². The van der Waals surface area contributed by atoms with Gasteiger partial charge in [0.05, 0.1) is 17.1 Å². The Labute approximate surface area is 127 Å². The zero-order valence-electron chi connectivity index (χ0n) is 12.2. The molecule has 122 valence electrons. The average Bonchev–Trinajstić information content (AvgIpc) is 2.45. The molecule has 1 atom stereocenters. The van der Waals surface area contributed by atoms with Crippen molar-refractivity contribution in [3.05, 3.63) is 29.6 Å². The summed E-state index contributed by atoms with van der Waals surface area (Å²) in [5, 5.41) is 8.88. The molecule has 1 aromatic carbocycles. The number of sulfonamides is 1. The molecule has 0 aliphatic heterocycles. The summed E-state index contributed by atoms with van der Waals surface area (Å²) in [6.07, 6.45) is 0. The smallest absolute Gasteiger partial charge is 0.338 e. The van der Waals surface area contributed by atoms with E-state index in [0.29, 0.717) is 10.4 Å². The third-order valence-corrected chi connectivity index (χ3v) is 4.87. The lowest BCUT2D eigenvalue weighted by Gasteiger charge is -2.21. The Balaban J connectivity index is 3.31. The van der Waals surface area contributed by atoms with Crippen molar-refractivity contribution in [1.29, 1.82) is 0 Å². The first-order valence-electron chi connectivity index (χ1n) is 6.29. The average molecular weight is 333 g/mol. The van der Waals surface area contributed by atoms with E-state index in [1.54, 1.807) is 6.92 Å². The fourth-order valence-corrected chi connectivity index (χ4v) is 2.95. The first-order chi connectivity index (χ1) is 10.1. The van der Waals surface area contributed by atoms with Crippen LogP contribution in [-0.2, 0) is 19.6 Å². The minimum Gasteiger partial charge on any atom is -0.480 e. The molecule has 0 amide bonds. The number of carboxylic acid groups (broad SMARTS) is 1. The highest BCUT2D eigenvalue weighted by atomic mass is 32.2. The first-order valence-corrected chi connectivity index (χ1v) is 7.73. The number of hydrogen-bond donors (Lipinski definition) is 1. The second-order valence-corrected chi connectivity index (χ2v) is 6.43. The number of carbonyl (C=O) groups excluding carboxylic acids is 1. The van der Waals surface area contributed by atoms with Gasteiger partial charge in [-0.05, 0) is 32.0 Å². The largest absolute Gasteiger partial charge is 0.480 e. The maximum Gasteiger partial charge on any atom is 0.338 e. The van der Waals surface area contributed by atoms with Crippen LogP contribution >= 0.6 is 0 Å². The maximum absolute atomic E-state index is 13.6. The summed E-state index contributed by atoms with van der Waals surface area (Å²) in [5.74, 6) is -3.17. The molecule has 0 saturated heterocycles. The molecule has 1 N–H and O–H groups in total. The van der Waals surface area contributed by atoms with E-state index in [1.165, 1.54) is 6.92 Å². The van der Waals surface area contributed by atoms with Gasteiger partial charge in [-0.3, -0.25) is 4.79 Å². The van der Waals surface area contributed by atoms with Gasteiger partial charge >= 0.3 is 11.9 Å². The Bertz CT molecular complexity index is 688. The van der Waals surface area contributed by atoms with Crippen LogP contribution in [0.3, 0.4) is 0 Å². The number of ether oxygens (including phenoxy) is 1. The molecule has 7 nitrogen and oxygen atoms in total. The monoisotopic (exact) mass is 333 g/mol. The quantitative estimate of drug-likeness (QED) is 0.782. The van der Waals surface area contributed by atoms with Crippen LogP contribution in [0.15, 0.2) is 23.1 Å². The molecule has 9 heteroatoms. The van der Waals surface area contributed by atoms with Crippen molar-refractivity contribution in [1.82, 2.24) is 4.31 Å². The number of likely N-dealkylation sites (N-methyl/N-ethyl adjacent to an activating group) is 1. The van der Waals surface area contributed by atoms with Gasteiger partial charge in [-0.1, -0.05) is 0 Å². The highest BCUT2D eigenvalue weighted by molar-refractivity contribution is 7.89. The Morgan fingerprint density at radius 1 is 1.36 bits per heavy atom. The number of rotatable bonds is 6. The van der Waals surface area contributed by atoms with Gasteiger partial charge in [0.15, 0.2) is 0 Å². The Hall–Kier alpha value is -2.00. The summed E-state index contributed by atoms with van der Waals surface area (Å²) in [5.41, 5.74) is -0.267. The van der Waals surface area contributed by atoms with Crippen molar-refractivity contribution in [2.75, 3.05) is 13.7 Å². The highest BCUT2D eigenvalue weighted by Crippen LogP contribution is 2.20. The minimum atomic E-state index is -4.27. The van der Waals surface area contributed by atoms with E-state index in [-0.39, 0.29) is 12.2 Å². The van der Waals surface area contributed by atoms with Crippen LogP contribution in [0.2, 0.25) is 0 Å². The molecule has 0 saturated carbocycles. The number of nitrogens with zero attached hydrogens (tertiary/aromatic N) is 1. The molecule has 0 radical (unpaired) electrons. The summed E-state index contributed by atoms with van der Waals surface area (Å²) >= 11 is 0. The molecule has 1 rings (SSSR count). The summed E-state index contributed by atoms with van der Waals surface area (Å²) in [4.78, 5) is 22.0. The molecule has 1 aromatic rings. The SMILES string of the molecule is CCOC(=O)c1cc(F)cc(S(=O)(=O)N(C)C(C)C(=O)O)c1. The van der Waals surface area contributed by atoms with E-state index in [0.717, 1.165) is 19.2 Å². The van der Waals surface area contributed by atoms with E-state index < -0.39 is 38.7 Å². The van der Waals surface area contributed by atoms with E-state index in [1.807, 2.05) is 0 Å². The Morgan fingerprint density at radius 2 is 1.95 bits per heavy atom. The molecular weight excluding hydrogens is 317 g/mol. The van der Waals surface area contributed by atoms with Gasteiger partial charge < -0.3 is 9.84 Å². The lowest BCUT2D eigenvalue weighted by molar-refractivity contribution is -0.140. The Morgan fingerprint density at radius 3 is 2.45 bits per heavy atom. The number of carboxylic acids is 1. The van der Waals surface area contributed by atoms with Crippen molar-refractivity contribution in [2.24, 2.45) is 0 Å². The van der Waals surface area contributed by atoms with Gasteiger partial charge in [-0.25, -0.2) is 17.6 Å². The van der Waals surface area contributed by atoms with Gasteiger partial charge in [0.1, 0.15) is 11.9 Å². The van der Waals surface area contributed by atoms with Gasteiger partial charge in [0, 0.05) is 7.05 Å². The van der Waals surface area contributed by atoms with Crippen molar-refractivity contribution >= 4 is 22.0 Å². The molecule has 1 unspecified atom stereocenters. The standard InChI is InChI=1S/C13H16FNO6S/c1-4-21-13(18)9-5-10(14)7-11(6-9)22(19,20)15(3)8(2)12(16)17/h5-8H,4H2,1-3H3,(H,16,17). The second-order valence-electron chi connectivity index (χ2n) is 4.43. The molecule has 0 bridgehead atoms. The van der Waals surface area contributed by atoms with Crippen molar-refractivity contribution in [2.45, 2.75) is 24.8 Å². The lowest BCUT2D eigenvalue weighted by atomic mass is 10.2. The molecule has 0 fully saturated rings. The van der Waals surface area contributed by atoms with Crippen molar-refractivity contribution in [3.8, 4) is 0 Å². The number of esters is 1. The first kappa shape index (κ1) is 18.1. The van der Waals surface area contributed by atoms with Crippen LogP contribution in [-0.4, -0.2) is 49.5 Å². The summed E-state index contributed by atoms with van der Waals surface area (Å²) in [7, 11) is -3.21. The predicted molar refractivity (Wildman–Crippen MR) is 74.4 cm³/mol. The topological polar surface area (TPSA) is 101 Å². The fourth-order valence-electron chi connectivity index (χ4n) is 1.57. The molecule has 22 heavy (non-hydrogen) atoms. The van der Waals surface area contributed by atoms with Crippen LogP contribution in [0.4, 0.5) is 4.39 Å². The lowest BCUT2D eigenvalue weighted by Crippen LogP contribution is -2.40. The predicted octanol–water partition coefficient (Wildman–Crippen LogP) is 1.10. The van der Waals surface area contributed by atoms with Crippen molar-refractivity contribution in [3.63, 3.8) is 0 Å². The third kappa shape index (κ3) is 3.80. The Kier molecular flexibility index (Phi) is 5.61. The normalized spacial score (nSPS) is 13.0. The van der Waals surface area contributed by atoms with Crippen molar-refractivity contribution < 1.29 is 32.2 Å². The fraction of sp³-hybridized carbons (Fsp3) is 0.385. The minimum absolute atomic E-state index is 0.0490. The van der Waals surface area contributed by atoms with Gasteiger partial charge in [-0.15, -0.1) is 0 Å². The number of carbonyl (C=O) groups is 2. The van der Waals surface area contributed by atoms with Gasteiger partial charge in [-0.2, -0.15) is 4.31 Å². The second kappa shape index (κ2) is 6.84. The van der Waals surface area contributed by atoms with Crippen LogP contribution < -0.4 is 0 Å². The van der Waals surface area contributed by atoms with E-state index >= 15 is 0 Å². The van der Waals surface area contributed by atoms with Gasteiger partial charge in [0.2, 0.25) is 10.0 Å².